The summed E-state index contributed by atoms with van der Waals surface area (Å²) in [5, 5.41) is 3.43. The summed E-state index contributed by atoms with van der Waals surface area (Å²) in [5.74, 6) is -24.1. The van der Waals surface area contributed by atoms with Crippen LogP contribution in [-0.2, 0) is 0 Å². The third-order valence-electron chi connectivity index (χ3n) is 7.40. The van der Waals surface area contributed by atoms with Gasteiger partial charge in [-0.15, -0.1) is 0 Å². The molecule has 0 nitrogen and oxygen atoms in total. The van der Waals surface area contributed by atoms with Crippen molar-refractivity contribution in [3.05, 3.63) is 141 Å². The molecule has 0 saturated carbocycles. The number of rotatable bonds is 6. The van der Waals surface area contributed by atoms with Crippen LogP contribution in [0.3, 0.4) is 0 Å². The van der Waals surface area contributed by atoms with Gasteiger partial charge in [-0.2, -0.15) is 0 Å². The molecule has 0 fully saturated rings. The summed E-state index contributed by atoms with van der Waals surface area (Å²) in [7, 11) is 0.833. The van der Waals surface area contributed by atoms with Crippen LogP contribution in [0.2, 0.25) is 13.1 Å². The summed E-state index contributed by atoms with van der Waals surface area (Å²) in [5.41, 5.74) is -6.04. The van der Waals surface area contributed by atoms with E-state index >= 15 is 17.6 Å². The molecule has 45 heavy (non-hydrogen) atoms. The molecule has 0 bridgehead atoms. The van der Waals surface area contributed by atoms with Gasteiger partial charge in [0.2, 0.25) is 0 Å². The molecule has 0 heterocycles. The third kappa shape index (κ3) is 5.41. The fourth-order valence-electron chi connectivity index (χ4n) is 5.27. The van der Waals surface area contributed by atoms with E-state index in [1.54, 1.807) is 49.5 Å². The maximum atomic E-state index is 15.4. The van der Waals surface area contributed by atoms with Crippen LogP contribution in [0.1, 0.15) is 11.1 Å². The summed E-state index contributed by atoms with van der Waals surface area (Å²) in [6, 6.07) is 18.1. The van der Waals surface area contributed by atoms with Crippen molar-refractivity contribution in [2.24, 2.45) is 0 Å². The first-order valence-corrected chi connectivity index (χ1v) is 17.8. The number of hydrogen-bond acceptors (Lipinski definition) is 0. The molecule has 1 aliphatic rings. The molecule has 13 heteroatoms. The van der Waals surface area contributed by atoms with Gasteiger partial charge in [0.05, 0.1) is 0 Å². The molecule has 4 aromatic rings. The molecular weight excluding hydrogens is 641 g/mol. The van der Waals surface area contributed by atoms with E-state index in [2.05, 4.69) is 0 Å². The zero-order valence-electron chi connectivity index (χ0n) is 23.3. The van der Waals surface area contributed by atoms with Crippen molar-refractivity contribution in [3.63, 3.8) is 0 Å². The predicted octanol–water partition coefficient (Wildman–Crippen LogP) is 6.75. The number of hydrogen-bond donors (Lipinski definition) is 0. The molecular formula is C32H18BF10Si2. The Labute approximate surface area is 254 Å². The van der Waals surface area contributed by atoms with E-state index in [4.69, 9.17) is 7.49 Å². The fraction of sp³-hybridized carbons (Fsp3) is 0.0625. The summed E-state index contributed by atoms with van der Waals surface area (Å²) in [4.78, 5) is 0. The SMILES string of the molecule is [B]=C1C=C([Si](C)(C)C=[Si](c2ccccc2)c2ccccc2)C(c2c(F)c(F)c(F)c(F)c2F)=C1c1c(F)c(F)c(F)c(F)c1F. The van der Waals surface area contributed by atoms with Crippen molar-refractivity contribution >= 4 is 56.2 Å². The third-order valence-corrected chi connectivity index (χ3v) is 15.1. The Morgan fingerprint density at radius 2 is 0.844 bits per heavy atom. The number of allylic oxidation sites excluding steroid dienone is 4. The van der Waals surface area contributed by atoms with Crippen LogP contribution < -0.4 is 10.4 Å². The second-order valence-electron chi connectivity index (χ2n) is 10.7. The van der Waals surface area contributed by atoms with Crippen molar-refractivity contribution in [3.8, 4) is 0 Å². The molecule has 5 rings (SSSR count). The summed E-state index contributed by atoms with van der Waals surface area (Å²) in [6.07, 6.45) is 1.03. The van der Waals surface area contributed by atoms with Crippen LogP contribution in [0, 0.1) is 58.2 Å². The normalized spacial score (nSPS) is 13.4. The van der Waals surface area contributed by atoms with Crippen molar-refractivity contribution < 1.29 is 43.9 Å². The van der Waals surface area contributed by atoms with Crippen molar-refractivity contribution in [1.29, 1.82) is 0 Å². The zero-order valence-corrected chi connectivity index (χ0v) is 25.3. The van der Waals surface area contributed by atoms with Crippen molar-refractivity contribution in [2.75, 3.05) is 0 Å². The summed E-state index contributed by atoms with van der Waals surface area (Å²) >= 11 is 0. The molecule has 0 amide bonds. The van der Waals surface area contributed by atoms with E-state index in [-0.39, 0.29) is 5.20 Å². The van der Waals surface area contributed by atoms with Gasteiger partial charge in [0.25, 0.3) is 0 Å². The molecule has 0 N–H and O–H groups in total. The van der Waals surface area contributed by atoms with Gasteiger partial charge in [0.15, 0.2) is 0 Å². The minimum atomic E-state index is -3.38. The van der Waals surface area contributed by atoms with Crippen molar-refractivity contribution in [1.82, 2.24) is 0 Å². The van der Waals surface area contributed by atoms with Gasteiger partial charge >= 0.3 is 254 Å². The molecule has 0 saturated heterocycles. The molecule has 4 aromatic carbocycles. The first-order chi connectivity index (χ1) is 21.2. The van der Waals surface area contributed by atoms with Crippen LogP contribution >= 0.6 is 0 Å². The molecule has 0 aromatic heterocycles. The van der Waals surface area contributed by atoms with Gasteiger partial charge in [-0.3, -0.25) is 0 Å². The Balaban J connectivity index is 1.90. The molecule has 227 valence electrons. The maximum absolute atomic E-state index is 15.4. The topological polar surface area (TPSA) is 0 Å². The first kappa shape index (κ1) is 32.3. The zero-order chi connectivity index (χ0) is 33.0. The number of halogens is 10. The molecule has 0 aliphatic heterocycles. The molecule has 1 aliphatic carbocycles. The van der Waals surface area contributed by atoms with E-state index in [1.807, 2.05) is 29.6 Å². The van der Waals surface area contributed by atoms with E-state index in [0.717, 1.165) is 16.4 Å². The van der Waals surface area contributed by atoms with E-state index in [0.29, 0.717) is 0 Å². The molecule has 1 radical (unpaired) electrons. The summed E-state index contributed by atoms with van der Waals surface area (Å²) in [6.45, 7) is 3.27. The van der Waals surface area contributed by atoms with E-state index in [1.165, 1.54) is 0 Å². The second kappa shape index (κ2) is 12.0. The van der Waals surface area contributed by atoms with Crippen LogP contribution in [0.15, 0.2) is 71.9 Å². The van der Waals surface area contributed by atoms with E-state index in [9.17, 15) is 26.3 Å². The molecule has 0 spiro atoms. The number of benzene rings is 4. The standard InChI is InChI=1S/C32H18BF10Si2/c1-45(2,14-44(15-9-5-3-6-10-15)16-11-7-4-8-12-16)18-13-17(33)19(21-23(34)27(38)31(42)28(39)24(21)35)20(18)22-25(36)29(40)32(43)30(41)26(22)37/h3-14H,1-2H3. The Hall–Kier alpha value is -4.10. The van der Waals surface area contributed by atoms with Crippen LogP contribution in [0.5, 0.6) is 0 Å². The van der Waals surface area contributed by atoms with Gasteiger partial charge in [0.1, 0.15) is 0 Å². The Bertz CT molecular complexity index is 1890. The molecule has 0 atom stereocenters. The van der Waals surface area contributed by atoms with Crippen LogP contribution in [0.25, 0.3) is 11.1 Å². The Morgan fingerprint density at radius 3 is 1.22 bits per heavy atom. The average molecular weight is 659 g/mol. The quantitative estimate of drug-likeness (QED) is 0.0931. The molecule has 0 unspecified atom stereocenters. The van der Waals surface area contributed by atoms with Gasteiger partial charge in [-0.05, 0) is 0 Å². The van der Waals surface area contributed by atoms with Gasteiger partial charge in [-0.25, -0.2) is 0 Å². The van der Waals surface area contributed by atoms with Crippen molar-refractivity contribution in [2.45, 2.75) is 13.1 Å². The Morgan fingerprint density at radius 1 is 0.511 bits per heavy atom. The van der Waals surface area contributed by atoms with E-state index < -0.39 is 102 Å². The Kier molecular flexibility index (Phi) is 8.62. The predicted molar refractivity (Wildman–Crippen MR) is 160 cm³/mol. The summed E-state index contributed by atoms with van der Waals surface area (Å²) < 4.78 is 147. The van der Waals surface area contributed by atoms with Crippen LogP contribution in [-0.4, -0.2) is 34.7 Å². The minimum absolute atomic E-state index is 0.156. The fourth-order valence-corrected chi connectivity index (χ4v) is 13.0. The van der Waals surface area contributed by atoms with Gasteiger partial charge in [0, 0.05) is 0 Å². The van der Waals surface area contributed by atoms with Crippen LogP contribution in [0.4, 0.5) is 43.9 Å². The second-order valence-corrected chi connectivity index (χ2v) is 17.8. The average Bonchev–Trinajstić information content (AvgIpc) is 3.37. The first-order valence-electron chi connectivity index (χ1n) is 13.2. The monoisotopic (exact) mass is 659 g/mol. The van der Waals surface area contributed by atoms with Gasteiger partial charge in [-0.1, -0.05) is 0 Å². The van der Waals surface area contributed by atoms with Gasteiger partial charge < -0.3 is 0 Å².